The van der Waals surface area contributed by atoms with Crippen LogP contribution in [0.2, 0.25) is 0 Å². The topological polar surface area (TPSA) is 12.0 Å². The second-order valence-corrected chi connectivity index (χ2v) is 5.67. The Bertz CT molecular complexity index is 93.7. The highest BCUT2D eigenvalue weighted by molar-refractivity contribution is 6.23. The quantitative estimate of drug-likeness (QED) is 0.654. The second-order valence-electron chi connectivity index (χ2n) is 4.65. The van der Waals surface area contributed by atoms with Crippen LogP contribution in [0.5, 0.6) is 0 Å². The van der Waals surface area contributed by atoms with Gasteiger partial charge in [0.1, 0.15) is 0 Å². The van der Waals surface area contributed by atoms with E-state index in [0.717, 1.165) is 13.0 Å². The van der Waals surface area contributed by atoms with Crippen LogP contribution in [0.15, 0.2) is 0 Å². The molecule has 0 bridgehead atoms. The van der Waals surface area contributed by atoms with Gasteiger partial charge >= 0.3 is 0 Å². The molecule has 0 aliphatic rings. The predicted molar refractivity (Wildman–Crippen MR) is 52.3 cm³/mol. The first-order valence-corrected chi connectivity index (χ1v) is 4.52. The predicted octanol–water partition coefficient (Wildman–Crippen LogP) is 2.78. The molecule has 0 spiro atoms. The smallest absolute Gasteiger partial charge is 0.0402 e. The Kier molecular flexibility index (Phi) is 3.86. The van der Waals surface area contributed by atoms with Crippen LogP contribution in [0.1, 0.15) is 41.0 Å². The molecule has 0 amide bonds. The summed E-state index contributed by atoms with van der Waals surface area (Å²) >= 11 is 6.02. The molecule has 11 heavy (non-hydrogen) atoms. The lowest BCUT2D eigenvalue weighted by molar-refractivity contribution is 0.409. The molecule has 0 aliphatic heterocycles. The number of hydrogen-bond acceptors (Lipinski definition) is 1. The molecule has 0 aromatic carbocycles. The summed E-state index contributed by atoms with van der Waals surface area (Å²) in [5.41, 5.74) is 0.210. The minimum atomic E-state index is -0.0712. The average Bonchev–Trinajstić information content (AvgIpc) is 1.55. The summed E-state index contributed by atoms with van der Waals surface area (Å²) in [6, 6.07) is 0. The van der Waals surface area contributed by atoms with Gasteiger partial charge in [-0.3, -0.25) is 0 Å². The lowest BCUT2D eigenvalue weighted by Crippen LogP contribution is -2.38. The Balaban J connectivity index is 3.44. The third-order valence-corrected chi connectivity index (χ3v) is 1.56. The van der Waals surface area contributed by atoms with Crippen molar-refractivity contribution in [2.24, 2.45) is 0 Å². The Labute approximate surface area is 75.5 Å². The molecule has 2 heteroatoms. The van der Waals surface area contributed by atoms with Gasteiger partial charge in [0.05, 0.1) is 0 Å². The monoisotopic (exact) mass is 177 g/mol. The van der Waals surface area contributed by atoms with Crippen LogP contribution < -0.4 is 5.32 Å². The van der Waals surface area contributed by atoms with Crippen molar-refractivity contribution in [2.75, 3.05) is 6.54 Å². The molecule has 0 saturated heterocycles. The molecule has 0 saturated carbocycles. The van der Waals surface area contributed by atoms with Crippen molar-refractivity contribution in [2.45, 2.75) is 51.5 Å². The van der Waals surface area contributed by atoms with Gasteiger partial charge in [-0.15, -0.1) is 11.6 Å². The lowest BCUT2D eigenvalue weighted by Gasteiger charge is -2.23. The molecule has 0 rings (SSSR count). The van der Waals surface area contributed by atoms with E-state index in [0.29, 0.717) is 0 Å². The van der Waals surface area contributed by atoms with E-state index in [1.54, 1.807) is 0 Å². The Morgan fingerprint density at radius 3 is 1.82 bits per heavy atom. The summed E-state index contributed by atoms with van der Waals surface area (Å²) in [5.74, 6) is 0. The first-order chi connectivity index (χ1) is 4.71. The average molecular weight is 178 g/mol. The van der Waals surface area contributed by atoms with Crippen LogP contribution in [-0.4, -0.2) is 17.0 Å². The lowest BCUT2D eigenvalue weighted by atomic mass is 10.1. The summed E-state index contributed by atoms with van der Waals surface area (Å²) in [6.45, 7) is 11.6. The fourth-order valence-corrected chi connectivity index (χ4v) is 0.829. The van der Waals surface area contributed by atoms with Crippen molar-refractivity contribution in [3.05, 3.63) is 0 Å². The summed E-state index contributed by atoms with van der Waals surface area (Å²) < 4.78 is 0. The summed E-state index contributed by atoms with van der Waals surface area (Å²) in [6.07, 6.45) is 1.01. The van der Waals surface area contributed by atoms with Gasteiger partial charge in [-0.1, -0.05) is 0 Å². The molecule has 0 unspecified atom stereocenters. The summed E-state index contributed by atoms with van der Waals surface area (Å²) in [4.78, 5) is -0.0712. The molecule has 0 aromatic heterocycles. The zero-order valence-electron chi connectivity index (χ0n) is 8.29. The number of halogens is 1. The Morgan fingerprint density at radius 2 is 1.55 bits per heavy atom. The maximum absolute atomic E-state index is 6.02. The summed E-state index contributed by atoms with van der Waals surface area (Å²) in [7, 11) is 0. The van der Waals surface area contributed by atoms with Crippen LogP contribution >= 0.6 is 11.6 Å². The third-order valence-electron chi connectivity index (χ3n) is 1.37. The minimum absolute atomic E-state index is 0.0712. The van der Waals surface area contributed by atoms with E-state index in [-0.39, 0.29) is 10.4 Å². The van der Waals surface area contributed by atoms with Gasteiger partial charge in [-0.25, -0.2) is 0 Å². The van der Waals surface area contributed by atoms with Crippen molar-refractivity contribution in [3.63, 3.8) is 0 Å². The highest BCUT2D eigenvalue weighted by atomic mass is 35.5. The zero-order chi connectivity index (χ0) is 9.12. The molecule has 0 aromatic rings. The Hall–Kier alpha value is 0.250. The molecule has 1 N–H and O–H groups in total. The van der Waals surface area contributed by atoms with Gasteiger partial charge < -0.3 is 5.32 Å². The normalized spacial score (nSPS) is 13.6. The third kappa shape index (κ3) is 10.2. The molecule has 68 valence electrons. The summed E-state index contributed by atoms with van der Waals surface area (Å²) in [5, 5.41) is 3.39. The van der Waals surface area contributed by atoms with E-state index in [2.05, 4.69) is 26.1 Å². The van der Waals surface area contributed by atoms with Crippen LogP contribution in [0, 0.1) is 0 Å². The first kappa shape index (κ1) is 11.2. The van der Waals surface area contributed by atoms with E-state index in [4.69, 9.17) is 11.6 Å². The van der Waals surface area contributed by atoms with Crippen LogP contribution in [0.25, 0.3) is 0 Å². The zero-order valence-corrected chi connectivity index (χ0v) is 9.05. The number of nitrogens with one attached hydrogen (secondary N) is 1. The maximum Gasteiger partial charge on any atom is 0.0402 e. The molecule has 0 atom stereocenters. The van der Waals surface area contributed by atoms with Crippen molar-refractivity contribution >= 4 is 11.6 Å². The highest BCUT2D eigenvalue weighted by Gasteiger charge is 2.14. The van der Waals surface area contributed by atoms with Crippen molar-refractivity contribution < 1.29 is 0 Å². The largest absolute Gasteiger partial charge is 0.312 e. The molecule has 0 heterocycles. The van der Waals surface area contributed by atoms with Crippen LogP contribution in [-0.2, 0) is 0 Å². The SMILES string of the molecule is CC(C)(Cl)CCNC(C)(C)C. The van der Waals surface area contributed by atoms with Gasteiger partial charge in [-0.2, -0.15) is 0 Å². The fraction of sp³-hybridized carbons (Fsp3) is 1.00. The number of alkyl halides is 1. The van der Waals surface area contributed by atoms with Crippen molar-refractivity contribution in [1.82, 2.24) is 5.32 Å². The van der Waals surface area contributed by atoms with Gasteiger partial charge in [0, 0.05) is 10.4 Å². The molecule has 0 radical (unpaired) electrons. The number of hydrogen-bond donors (Lipinski definition) is 1. The van der Waals surface area contributed by atoms with E-state index in [1.165, 1.54) is 0 Å². The number of rotatable bonds is 3. The molecule has 0 aliphatic carbocycles. The van der Waals surface area contributed by atoms with E-state index in [1.807, 2.05) is 13.8 Å². The Morgan fingerprint density at radius 1 is 1.09 bits per heavy atom. The standard InChI is InChI=1S/C9H20ClN/c1-8(2,3)11-7-6-9(4,5)10/h11H,6-7H2,1-5H3. The molecule has 0 fully saturated rings. The van der Waals surface area contributed by atoms with Crippen LogP contribution in [0.3, 0.4) is 0 Å². The van der Waals surface area contributed by atoms with Gasteiger partial charge in [0.2, 0.25) is 0 Å². The van der Waals surface area contributed by atoms with E-state index >= 15 is 0 Å². The van der Waals surface area contributed by atoms with E-state index in [9.17, 15) is 0 Å². The molecular formula is C9H20ClN. The first-order valence-electron chi connectivity index (χ1n) is 4.15. The second kappa shape index (κ2) is 3.77. The van der Waals surface area contributed by atoms with E-state index < -0.39 is 0 Å². The molecular weight excluding hydrogens is 158 g/mol. The van der Waals surface area contributed by atoms with Crippen LogP contribution in [0.4, 0.5) is 0 Å². The van der Waals surface area contributed by atoms with Gasteiger partial charge in [-0.05, 0) is 47.6 Å². The molecule has 1 nitrogen and oxygen atoms in total. The van der Waals surface area contributed by atoms with Gasteiger partial charge in [0.25, 0.3) is 0 Å². The fourth-order valence-electron chi connectivity index (χ4n) is 0.735. The highest BCUT2D eigenvalue weighted by Crippen LogP contribution is 2.16. The van der Waals surface area contributed by atoms with Gasteiger partial charge in [0.15, 0.2) is 0 Å². The van der Waals surface area contributed by atoms with Crippen molar-refractivity contribution in [3.8, 4) is 0 Å². The maximum atomic E-state index is 6.02. The minimum Gasteiger partial charge on any atom is -0.312 e. The van der Waals surface area contributed by atoms with Crippen molar-refractivity contribution in [1.29, 1.82) is 0 Å².